The van der Waals surface area contributed by atoms with Crippen LogP contribution in [0.2, 0.25) is 0 Å². The molecule has 0 fully saturated rings. The molecule has 4 rings (SSSR count). The highest BCUT2D eigenvalue weighted by Crippen LogP contribution is 2.33. The van der Waals surface area contributed by atoms with Gasteiger partial charge in [-0.2, -0.15) is 0 Å². The number of benzene rings is 2. The molecule has 0 saturated heterocycles. The molecule has 7 nitrogen and oxygen atoms in total. The quantitative estimate of drug-likeness (QED) is 0.524. The first-order valence-electron chi connectivity index (χ1n) is 9.48. The van der Waals surface area contributed by atoms with Crippen LogP contribution in [0, 0.1) is 13.8 Å². The van der Waals surface area contributed by atoms with E-state index in [9.17, 15) is 4.79 Å². The number of hydrogen-bond acceptors (Lipinski definition) is 8. The Labute approximate surface area is 183 Å². The molecule has 3 aromatic rings. The first-order chi connectivity index (χ1) is 14.5. The molecule has 1 aromatic heterocycles. The lowest BCUT2D eigenvalue weighted by atomic mass is 10.1. The van der Waals surface area contributed by atoms with Crippen LogP contribution in [0.15, 0.2) is 40.7 Å². The Balaban J connectivity index is 1.29. The topological polar surface area (TPSA) is 85.4 Å². The molecule has 1 atom stereocenters. The predicted molar refractivity (Wildman–Crippen MR) is 119 cm³/mol. The van der Waals surface area contributed by atoms with Crippen LogP contribution in [0.3, 0.4) is 0 Å². The van der Waals surface area contributed by atoms with Gasteiger partial charge in [-0.1, -0.05) is 35.2 Å². The zero-order valence-electron chi connectivity index (χ0n) is 16.9. The van der Waals surface area contributed by atoms with E-state index in [1.54, 1.807) is 0 Å². The fraction of sp³-hybridized carbons (Fsp3) is 0.286. The van der Waals surface area contributed by atoms with Gasteiger partial charge in [-0.3, -0.25) is 4.79 Å². The number of aryl methyl sites for hydroxylation is 2. The summed E-state index contributed by atoms with van der Waals surface area (Å²) in [5.41, 5.74) is 4.39. The van der Waals surface area contributed by atoms with Crippen molar-refractivity contribution >= 4 is 39.8 Å². The van der Waals surface area contributed by atoms with Crippen molar-refractivity contribution in [3.05, 3.63) is 53.1 Å². The smallest absolute Gasteiger partial charge is 0.233 e. The Morgan fingerprint density at radius 3 is 2.80 bits per heavy atom. The van der Waals surface area contributed by atoms with Gasteiger partial charge in [0.15, 0.2) is 15.8 Å². The van der Waals surface area contributed by atoms with Crippen LogP contribution in [0.5, 0.6) is 11.5 Å². The summed E-state index contributed by atoms with van der Waals surface area (Å²) in [6.07, 6.45) is 0. The van der Waals surface area contributed by atoms with Gasteiger partial charge in [0.05, 0.1) is 5.25 Å². The summed E-state index contributed by atoms with van der Waals surface area (Å²) < 4.78 is 11.4. The maximum atomic E-state index is 12.5. The summed E-state index contributed by atoms with van der Waals surface area (Å²) in [4.78, 5) is 12.5. The zero-order chi connectivity index (χ0) is 21.1. The lowest BCUT2D eigenvalue weighted by Crippen LogP contribution is -2.30. The highest BCUT2D eigenvalue weighted by Gasteiger charge is 2.18. The van der Waals surface area contributed by atoms with E-state index >= 15 is 0 Å². The Morgan fingerprint density at radius 2 is 1.97 bits per heavy atom. The number of aromatic nitrogens is 2. The van der Waals surface area contributed by atoms with Crippen molar-refractivity contribution in [2.24, 2.45) is 0 Å². The van der Waals surface area contributed by atoms with Crippen LogP contribution in [-0.4, -0.2) is 28.1 Å². The minimum Gasteiger partial charge on any atom is -0.454 e. The molecule has 2 N–H and O–H groups in total. The molecule has 0 radical (unpaired) electrons. The van der Waals surface area contributed by atoms with Gasteiger partial charge in [-0.25, -0.2) is 0 Å². The lowest BCUT2D eigenvalue weighted by Gasteiger charge is -2.10. The van der Waals surface area contributed by atoms with E-state index in [2.05, 4.69) is 46.8 Å². The lowest BCUT2D eigenvalue weighted by molar-refractivity contribution is -0.120. The first-order valence-corrected chi connectivity index (χ1v) is 11.2. The van der Waals surface area contributed by atoms with Crippen molar-refractivity contribution < 1.29 is 14.3 Å². The monoisotopic (exact) mass is 442 g/mol. The summed E-state index contributed by atoms with van der Waals surface area (Å²) in [6, 6.07) is 11.8. The van der Waals surface area contributed by atoms with E-state index in [0.29, 0.717) is 17.4 Å². The third kappa shape index (κ3) is 4.85. The number of rotatable bonds is 7. The van der Waals surface area contributed by atoms with Crippen LogP contribution in [0.25, 0.3) is 0 Å². The van der Waals surface area contributed by atoms with Crippen LogP contribution in [0.4, 0.5) is 10.8 Å². The predicted octanol–water partition coefficient (Wildman–Crippen LogP) is 4.42. The molecule has 0 bridgehead atoms. The molecule has 2 aromatic carbocycles. The average Bonchev–Trinajstić information content (AvgIpc) is 3.37. The van der Waals surface area contributed by atoms with Crippen molar-refractivity contribution in [3.63, 3.8) is 0 Å². The largest absolute Gasteiger partial charge is 0.454 e. The summed E-state index contributed by atoms with van der Waals surface area (Å²) in [6.45, 7) is 6.68. The molecule has 0 saturated carbocycles. The highest BCUT2D eigenvalue weighted by atomic mass is 32.2. The van der Waals surface area contributed by atoms with Gasteiger partial charge in [-0.05, 0) is 61.7 Å². The SMILES string of the molecule is Cc1ccc(Nc2nnc(SC(C)C(=O)NCc3ccc4c(c3)OCO4)s2)cc1C. The molecule has 0 aliphatic carbocycles. The van der Waals surface area contributed by atoms with E-state index in [0.717, 1.165) is 21.3 Å². The molecular formula is C21H22N4O3S2. The summed E-state index contributed by atoms with van der Waals surface area (Å²) in [5, 5.41) is 15.0. The number of hydrogen-bond donors (Lipinski definition) is 2. The zero-order valence-corrected chi connectivity index (χ0v) is 18.5. The summed E-state index contributed by atoms with van der Waals surface area (Å²) >= 11 is 2.82. The third-order valence-electron chi connectivity index (χ3n) is 4.72. The first kappa shape index (κ1) is 20.5. The number of carbonyl (C=O) groups excluding carboxylic acids is 1. The minimum atomic E-state index is -0.290. The second-order valence-electron chi connectivity index (χ2n) is 6.96. The van der Waals surface area contributed by atoms with E-state index in [-0.39, 0.29) is 18.0 Å². The van der Waals surface area contributed by atoms with Gasteiger partial charge in [0.2, 0.25) is 17.8 Å². The molecule has 30 heavy (non-hydrogen) atoms. The summed E-state index contributed by atoms with van der Waals surface area (Å²) in [7, 11) is 0. The third-order valence-corrected chi connectivity index (χ3v) is 6.74. The van der Waals surface area contributed by atoms with Gasteiger partial charge in [-0.15, -0.1) is 10.2 Å². The van der Waals surface area contributed by atoms with Crippen LogP contribution in [0.1, 0.15) is 23.6 Å². The number of nitrogens with zero attached hydrogens (tertiary/aromatic N) is 2. The second kappa shape index (κ2) is 8.93. The van der Waals surface area contributed by atoms with Gasteiger partial charge in [0.1, 0.15) is 0 Å². The van der Waals surface area contributed by atoms with E-state index < -0.39 is 0 Å². The van der Waals surface area contributed by atoms with Crippen LogP contribution < -0.4 is 20.1 Å². The number of thioether (sulfide) groups is 1. The van der Waals surface area contributed by atoms with Crippen molar-refractivity contribution in [1.82, 2.24) is 15.5 Å². The average molecular weight is 443 g/mol. The Hall–Kier alpha value is -2.78. The maximum absolute atomic E-state index is 12.5. The van der Waals surface area contributed by atoms with Crippen molar-refractivity contribution in [1.29, 1.82) is 0 Å². The van der Waals surface area contributed by atoms with Crippen molar-refractivity contribution in [2.75, 3.05) is 12.1 Å². The molecule has 1 unspecified atom stereocenters. The standard InChI is InChI=1S/C21H22N4O3S2/c1-12-4-6-16(8-13(12)2)23-20-24-25-21(30-20)29-14(3)19(26)22-10-15-5-7-17-18(9-15)28-11-27-17/h4-9,14H,10-11H2,1-3H3,(H,22,26)(H,23,24). The van der Waals surface area contributed by atoms with Gasteiger partial charge < -0.3 is 20.1 Å². The van der Waals surface area contributed by atoms with E-state index in [4.69, 9.17) is 9.47 Å². The van der Waals surface area contributed by atoms with Gasteiger partial charge >= 0.3 is 0 Å². The molecule has 156 valence electrons. The molecular weight excluding hydrogens is 420 g/mol. The highest BCUT2D eigenvalue weighted by molar-refractivity contribution is 8.02. The molecule has 1 aliphatic heterocycles. The maximum Gasteiger partial charge on any atom is 0.233 e. The normalized spacial score (nSPS) is 13.2. The fourth-order valence-corrected chi connectivity index (χ4v) is 4.78. The number of ether oxygens (including phenoxy) is 2. The van der Waals surface area contributed by atoms with Crippen molar-refractivity contribution in [2.45, 2.75) is 36.9 Å². The Kier molecular flexibility index (Phi) is 6.10. The Morgan fingerprint density at radius 1 is 1.13 bits per heavy atom. The molecule has 0 spiro atoms. The minimum absolute atomic E-state index is 0.0588. The van der Waals surface area contributed by atoms with E-state index in [1.807, 2.05) is 31.2 Å². The summed E-state index contributed by atoms with van der Waals surface area (Å²) in [5.74, 6) is 1.38. The number of amides is 1. The number of fused-ring (bicyclic) bond motifs is 1. The molecule has 2 heterocycles. The second-order valence-corrected chi connectivity index (χ2v) is 9.53. The number of anilines is 2. The molecule has 1 amide bonds. The fourth-order valence-electron chi connectivity index (χ4n) is 2.84. The van der Waals surface area contributed by atoms with Gasteiger partial charge in [0, 0.05) is 12.2 Å². The van der Waals surface area contributed by atoms with Crippen molar-refractivity contribution in [3.8, 4) is 11.5 Å². The number of nitrogens with one attached hydrogen (secondary N) is 2. The van der Waals surface area contributed by atoms with Crippen LogP contribution in [-0.2, 0) is 11.3 Å². The van der Waals surface area contributed by atoms with Crippen LogP contribution >= 0.6 is 23.1 Å². The molecule has 9 heteroatoms. The molecule has 1 aliphatic rings. The Bertz CT molecular complexity index is 1070. The van der Waals surface area contributed by atoms with Gasteiger partial charge in [0.25, 0.3) is 0 Å². The number of carbonyl (C=O) groups is 1. The van der Waals surface area contributed by atoms with E-state index in [1.165, 1.54) is 34.2 Å².